The van der Waals surface area contributed by atoms with Crippen LogP contribution >= 0.6 is 0 Å². The molecule has 0 atom stereocenters. The van der Waals surface area contributed by atoms with Gasteiger partial charge in [0.2, 0.25) is 0 Å². The molecule has 2 rings (SSSR count). The predicted octanol–water partition coefficient (Wildman–Crippen LogP) is 0.127. The first-order valence-corrected chi connectivity index (χ1v) is 4.78. The zero-order valence-electron chi connectivity index (χ0n) is 7.94. The lowest BCUT2D eigenvalue weighted by Gasteiger charge is -2.27. The van der Waals surface area contributed by atoms with Crippen LogP contribution in [-0.4, -0.2) is 42.0 Å². The van der Waals surface area contributed by atoms with Crippen molar-refractivity contribution in [3.8, 4) is 0 Å². The fourth-order valence-corrected chi connectivity index (χ4v) is 1.54. The highest BCUT2D eigenvalue weighted by atomic mass is 16.2. The van der Waals surface area contributed by atoms with E-state index in [1.54, 1.807) is 24.5 Å². The lowest BCUT2D eigenvalue weighted by molar-refractivity contribution is 0.0735. The number of carbonyl (C=O) groups excluding carboxylic acids is 1. The number of nitrogens with one attached hydrogen (secondary N) is 1. The topological polar surface area (TPSA) is 45.2 Å². The highest BCUT2D eigenvalue weighted by Gasteiger charge is 2.17. The van der Waals surface area contributed by atoms with Crippen molar-refractivity contribution in [1.29, 1.82) is 0 Å². The number of nitrogens with zero attached hydrogens (tertiary/aromatic N) is 2. The van der Waals surface area contributed by atoms with Crippen molar-refractivity contribution in [2.75, 3.05) is 26.2 Å². The van der Waals surface area contributed by atoms with E-state index in [1.807, 2.05) is 4.90 Å². The Hall–Kier alpha value is -1.42. The van der Waals surface area contributed by atoms with Crippen molar-refractivity contribution in [3.63, 3.8) is 0 Å². The summed E-state index contributed by atoms with van der Waals surface area (Å²) in [7, 11) is 0. The van der Waals surface area contributed by atoms with Crippen molar-refractivity contribution >= 4 is 5.91 Å². The van der Waals surface area contributed by atoms with Gasteiger partial charge in [0.25, 0.3) is 5.91 Å². The van der Waals surface area contributed by atoms with Crippen molar-refractivity contribution in [3.05, 3.63) is 30.1 Å². The Labute approximate surface area is 82.9 Å². The largest absolute Gasteiger partial charge is 0.336 e. The molecule has 0 radical (unpaired) electrons. The van der Waals surface area contributed by atoms with Gasteiger partial charge in [-0.1, -0.05) is 0 Å². The number of amides is 1. The molecule has 4 nitrogen and oxygen atoms in total. The number of hydrogen-bond acceptors (Lipinski definition) is 3. The first kappa shape index (κ1) is 9.15. The number of carbonyl (C=O) groups is 1. The number of aromatic nitrogens is 1. The molecule has 1 aliphatic heterocycles. The molecule has 4 heteroatoms. The van der Waals surface area contributed by atoms with Crippen LogP contribution in [0.2, 0.25) is 0 Å². The second-order valence-electron chi connectivity index (χ2n) is 3.28. The van der Waals surface area contributed by atoms with Crippen LogP contribution in [0.4, 0.5) is 0 Å². The summed E-state index contributed by atoms with van der Waals surface area (Å²) >= 11 is 0. The fourth-order valence-electron chi connectivity index (χ4n) is 1.54. The molecule has 0 unspecified atom stereocenters. The van der Waals surface area contributed by atoms with Gasteiger partial charge >= 0.3 is 0 Å². The summed E-state index contributed by atoms with van der Waals surface area (Å²) in [5.41, 5.74) is 0.675. The average Bonchev–Trinajstić information content (AvgIpc) is 2.30. The van der Waals surface area contributed by atoms with Gasteiger partial charge in [0.05, 0.1) is 5.56 Å². The quantitative estimate of drug-likeness (QED) is 0.686. The van der Waals surface area contributed by atoms with Gasteiger partial charge in [-0.25, -0.2) is 0 Å². The number of pyridine rings is 1. The number of rotatable bonds is 1. The Bertz CT molecular complexity index is 306. The highest BCUT2D eigenvalue weighted by molar-refractivity contribution is 5.93. The standard InChI is InChI=1S/C10H13N3O/c14-10(9-2-1-3-12-8-9)13-6-4-11-5-7-13/h1-3,8,11H,4-7H2. The third kappa shape index (κ3) is 1.90. The van der Waals surface area contributed by atoms with Gasteiger partial charge in [-0.15, -0.1) is 0 Å². The van der Waals surface area contributed by atoms with E-state index in [-0.39, 0.29) is 5.91 Å². The Balaban J connectivity index is 2.07. The van der Waals surface area contributed by atoms with Crippen LogP contribution in [0.1, 0.15) is 10.4 Å². The molecule has 0 bridgehead atoms. The molecule has 1 fully saturated rings. The summed E-state index contributed by atoms with van der Waals surface area (Å²) in [6, 6.07) is 3.59. The molecule has 0 spiro atoms. The second-order valence-corrected chi connectivity index (χ2v) is 3.28. The van der Waals surface area contributed by atoms with Crippen molar-refractivity contribution in [1.82, 2.24) is 15.2 Å². The normalized spacial score (nSPS) is 16.7. The van der Waals surface area contributed by atoms with Crippen molar-refractivity contribution in [2.24, 2.45) is 0 Å². The molecule has 0 saturated carbocycles. The lowest BCUT2D eigenvalue weighted by atomic mass is 10.2. The lowest BCUT2D eigenvalue weighted by Crippen LogP contribution is -2.46. The molecule has 1 aromatic heterocycles. The summed E-state index contributed by atoms with van der Waals surface area (Å²) in [4.78, 5) is 17.7. The van der Waals surface area contributed by atoms with E-state index in [9.17, 15) is 4.79 Å². The molecule has 1 N–H and O–H groups in total. The molecular formula is C10H13N3O. The molecule has 1 saturated heterocycles. The fraction of sp³-hybridized carbons (Fsp3) is 0.400. The van der Waals surface area contributed by atoms with Gasteiger partial charge in [-0.2, -0.15) is 0 Å². The summed E-state index contributed by atoms with van der Waals surface area (Å²) in [5.74, 6) is 0.0830. The van der Waals surface area contributed by atoms with Crippen LogP contribution in [0.3, 0.4) is 0 Å². The van der Waals surface area contributed by atoms with Gasteiger partial charge in [-0.05, 0) is 12.1 Å². The van der Waals surface area contributed by atoms with E-state index in [0.29, 0.717) is 5.56 Å². The third-order valence-corrected chi connectivity index (χ3v) is 2.31. The predicted molar refractivity (Wildman–Crippen MR) is 53.0 cm³/mol. The van der Waals surface area contributed by atoms with Crippen LogP contribution in [0.15, 0.2) is 24.5 Å². The van der Waals surface area contributed by atoms with E-state index in [1.165, 1.54) is 0 Å². The monoisotopic (exact) mass is 191 g/mol. The maximum atomic E-state index is 11.9. The summed E-state index contributed by atoms with van der Waals surface area (Å²) in [6.07, 6.45) is 3.29. The minimum atomic E-state index is 0.0830. The van der Waals surface area contributed by atoms with Crippen LogP contribution in [0, 0.1) is 0 Å². The Morgan fingerprint density at radius 1 is 1.43 bits per heavy atom. The van der Waals surface area contributed by atoms with E-state index < -0.39 is 0 Å². The van der Waals surface area contributed by atoms with Crippen LogP contribution in [-0.2, 0) is 0 Å². The van der Waals surface area contributed by atoms with Crippen LogP contribution < -0.4 is 5.32 Å². The van der Waals surface area contributed by atoms with Gasteiger partial charge < -0.3 is 10.2 Å². The molecule has 1 aliphatic rings. The van der Waals surface area contributed by atoms with Crippen molar-refractivity contribution in [2.45, 2.75) is 0 Å². The van der Waals surface area contributed by atoms with Gasteiger partial charge in [0.1, 0.15) is 0 Å². The summed E-state index contributed by atoms with van der Waals surface area (Å²) in [5, 5.41) is 3.21. The zero-order valence-corrected chi connectivity index (χ0v) is 7.94. The first-order chi connectivity index (χ1) is 6.88. The Morgan fingerprint density at radius 2 is 2.21 bits per heavy atom. The first-order valence-electron chi connectivity index (χ1n) is 4.78. The van der Waals surface area contributed by atoms with Gasteiger partial charge in [-0.3, -0.25) is 9.78 Å². The van der Waals surface area contributed by atoms with Gasteiger partial charge in [0.15, 0.2) is 0 Å². The Morgan fingerprint density at radius 3 is 2.86 bits per heavy atom. The molecule has 0 aliphatic carbocycles. The Kier molecular flexibility index (Phi) is 2.74. The van der Waals surface area contributed by atoms with Gasteiger partial charge in [0, 0.05) is 38.6 Å². The third-order valence-electron chi connectivity index (χ3n) is 2.31. The van der Waals surface area contributed by atoms with E-state index in [2.05, 4.69) is 10.3 Å². The van der Waals surface area contributed by atoms with E-state index in [4.69, 9.17) is 0 Å². The molecule has 2 heterocycles. The second kappa shape index (κ2) is 4.19. The van der Waals surface area contributed by atoms with E-state index in [0.717, 1.165) is 26.2 Å². The smallest absolute Gasteiger partial charge is 0.255 e. The van der Waals surface area contributed by atoms with Crippen molar-refractivity contribution < 1.29 is 4.79 Å². The summed E-state index contributed by atoms with van der Waals surface area (Å²) < 4.78 is 0. The molecule has 0 aromatic carbocycles. The number of hydrogen-bond donors (Lipinski definition) is 1. The van der Waals surface area contributed by atoms with Crippen LogP contribution in [0.5, 0.6) is 0 Å². The minimum Gasteiger partial charge on any atom is -0.336 e. The maximum absolute atomic E-state index is 11.9. The average molecular weight is 191 g/mol. The van der Waals surface area contributed by atoms with Crippen LogP contribution in [0.25, 0.3) is 0 Å². The summed E-state index contributed by atoms with van der Waals surface area (Å²) in [6.45, 7) is 3.33. The van der Waals surface area contributed by atoms with E-state index >= 15 is 0 Å². The number of piperazine rings is 1. The minimum absolute atomic E-state index is 0.0830. The zero-order chi connectivity index (χ0) is 9.80. The molecule has 74 valence electrons. The maximum Gasteiger partial charge on any atom is 0.255 e. The molecular weight excluding hydrogens is 178 g/mol. The SMILES string of the molecule is O=C(c1cccnc1)N1CCNCC1. The molecule has 14 heavy (non-hydrogen) atoms. The molecule has 1 amide bonds. The highest BCUT2D eigenvalue weighted by Crippen LogP contribution is 2.03. The molecule has 1 aromatic rings.